The summed E-state index contributed by atoms with van der Waals surface area (Å²) in [6.45, 7) is 8.19. The van der Waals surface area contributed by atoms with E-state index in [0.717, 1.165) is 25.5 Å². The normalized spacial score (nSPS) is 12.0. The largest absolute Gasteiger partial charge is 0.494 e. The van der Waals surface area contributed by atoms with Crippen LogP contribution in [0.4, 0.5) is 5.69 Å². The first kappa shape index (κ1) is 35.7. The smallest absolute Gasteiger partial charge is 0.264 e. The first-order chi connectivity index (χ1) is 22.5. The summed E-state index contributed by atoms with van der Waals surface area (Å²) in [5, 5.41) is 3.01. The third-order valence-corrected chi connectivity index (χ3v) is 9.80. The Balaban J connectivity index is 1.80. The predicted octanol–water partition coefficient (Wildman–Crippen LogP) is 6.76. The Morgan fingerprint density at radius 1 is 0.872 bits per heavy atom. The summed E-state index contributed by atoms with van der Waals surface area (Å²) in [6.07, 6.45) is 0.248. The van der Waals surface area contributed by atoms with Crippen LogP contribution in [0.25, 0.3) is 0 Å². The van der Waals surface area contributed by atoms with Crippen molar-refractivity contribution in [3.8, 4) is 5.75 Å². The van der Waals surface area contributed by atoms with Crippen molar-refractivity contribution < 1.29 is 22.7 Å². The van der Waals surface area contributed by atoms with E-state index in [2.05, 4.69) is 21.2 Å². The third kappa shape index (κ3) is 9.92. The standard InChI is InChI=1S/C37H42BrN3O5S/c1-5-46-33-18-16-32(17-19-33)41(47(44,45)34-20-14-28(4)15-21-34)26-36(42)40(25-30-12-9-13-31(38)22-30)35(37(43)39-24-27(2)3)23-29-10-7-6-8-11-29/h6-22,27,35H,5,23-26H2,1-4H3,(H,39,43)/t35-/m1/s1. The number of halogens is 1. The maximum atomic E-state index is 14.6. The van der Waals surface area contributed by atoms with Crippen LogP contribution < -0.4 is 14.4 Å². The van der Waals surface area contributed by atoms with Crippen LogP contribution in [0.2, 0.25) is 0 Å². The SMILES string of the molecule is CCOc1ccc(N(CC(=O)N(Cc2cccc(Br)c2)[C@H](Cc2ccccc2)C(=O)NCC(C)C)S(=O)(=O)c2ccc(C)cc2)cc1. The van der Waals surface area contributed by atoms with Gasteiger partial charge in [0.15, 0.2) is 0 Å². The van der Waals surface area contributed by atoms with Gasteiger partial charge < -0.3 is 15.0 Å². The van der Waals surface area contributed by atoms with Crippen LogP contribution in [0, 0.1) is 12.8 Å². The Labute approximate surface area is 286 Å². The molecule has 10 heteroatoms. The van der Waals surface area contributed by atoms with Crippen molar-refractivity contribution in [3.63, 3.8) is 0 Å². The molecule has 0 aliphatic carbocycles. The molecule has 0 aliphatic rings. The summed E-state index contributed by atoms with van der Waals surface area (Å²) in [6, 6.07) is 29.2. The average molecular weight is 721 g/mol. The van der Waals surface area contributed by atoms with Crippen LogP contribution in [-0.2, 0) is 32.6 Å². The maximum Gasteiger partial charge on any atom is 0.264 e. The highest BCUT2D eigenvalue weighted by Crippen LogP contribution is 2.27. The molecule has 1 N–H and O–H groups in total. The van der Waals surface area contributed by atoms with Crippen molar-refractivity contribution >= 4 is 43.5 Å². The number of nitrogens with zero attached hydrogens (tertiary/aromatic N) is 2. The molecule has 4 rings (SSSR count). The average Bonchev–Trinajstić information content (AvgIpc) is 3.05. The van der Waals surface area contributed by atoms with E-state index in [9.17, 15) is 18.0 Å². The molecule has 248 valence electrons. The molecular weight excluding hydrogens is 678 g/mol. The number of aryl methyl sites for hydroxylation is 1. The van der Waals surface area contributed by atoms with Gasteiger partial charge in [0.05, 0.1) is 17.2 Å². The fourth-order valence-electron chi connectivity index (χ4n) is 5.05. The van der Waals surface area contributed by atoms with E-state index in [1.54, 1.807) is 36.4 Å². The molecule has 8 nitrogen and oxygen atoms in total. The summed E-state index contributed by atoms with van der Waals surface area (Å²) in [5.41, 5.74) is 2.87. The minimum Gasteiger partial charge on any atom is -0.494 e. The van der Waals surface area contributed by atoms with Gasteiger partial charge in [0.1, 0.15) is 18.3 Å². The molecule has 0 spiro atoms. The fourth-order valence-corrected chi connectivity index (χ4v) is 6.91. The highest BCUT2D eigenvalue weighted by Gasteiger charge is 2.34. The number of rotatable bonds is 15. The van der Waals surface area contributed by atoms with Crippen molar-refractivity contribution in [2.75, 3.05) is 24.0 Å². The second-order valence-electron chi connectivity index (χ2n) is 11.7. The Hall–Kier alpha value is -4.15. The lowest BCUT2D eigenvalue weighted by Crippen LogP contribution is -2.53. The number of carbonyl (C=O) groups is 2. The summed E-state index contributed by atoms with van der Waals surface area (Å²) < 4.78 is 36.0. The fraction of sp³-hybridized carbons (Fsp3) is 0.297. The van der Waals surface area contributed by atoms with E-state index in [1.807, 2.05) is 82.3 Å². The van der Waals surface area contributed by atoms with Gasteiger partial charge in [0.25, 0.3) is 10.0 Å². The van der Waals surface area contributed by atoms with Gasteiger partial charge in [0, 0.05) is 24.0 Å². The number of benzene rings is 4. The molecule has 0 aromatic heterocycles. The molecule has 0 saturated heterocycles. The van der Waals surface area contributed by atoms with Gasteiger partial charge >= 0.3 is 0 Å². The number of hydrogen-bond donors (Lipinski definition) is 1. The molecule has 0 radical (unpaired) electrons. The van der Waals surface area contributed by atoms with E-state index in [4.69, 9.17) is 4.74 Å². The molecular formula is C37H42BrN3O5S. The van der Waals surface area contributed by atoms with Crippen molar-refractivity contribution in [3.05, 3.63) is 124 Å². The van der Waals surface area contributed by atoms with Gasteiger partial charge in [-0.25, -0.2) is 8.42 Å². The van der Waals surface area contributed by atoms with Crippen LogP contribution in [0.3, 0.4) is 0 Å². The molecule has 4 aromatic carbocycles. The number of carbonyl (C=O) groups excluding carboxylic acids is 2. The van der Waals surface area contributed by atoms with Gasteiger partial charge in [-0.1, -0.05) is 89.9 Å². The summed E-state index contributed by atoms with van der Waals surface area (Å²) >= 11 is 3.51. The molecule has 2 amide bonds. The zero-order valence-electron chi connectivity index (χ0n) is 27.2. The van der Waals surface area contributed by atoms with Gasteiger partial charge in [-0.15, -0.1) is 0 Å². The van der Waals surface area contributed by atoms with E-state index in [1.165, 1.54) is 17.0 Å². The van der Waals surface area contributed by atoms with Gasteiger partial charge in [-0.3, -0.25) is 13.9 Å². The van der Waals surface area contributed by atoms with Crippen LogP contribution in [-0.4, -0.2) is 50.9 Å². The predicted molar refractivity (Wildman–Crippen MR) is 190 cm³/mol. The lowest BCUT2D eigenvalue weighted by atomic mass is 10.0. The highest BCUT2D eigenvalue weighted by molar-refractivity contribution is 9.10. The lowest BCUT2D eigenvalue weighted by Gasteiger charge is -2.34. The second kappa shape index (κ2) is 16.6. The van der Waals surface area contributed by atoms with Crippen LogP contribution in [0.15, 0.2) is 112 Å². The zero-order chi connectivity index (χ0) is 34.0. The molecule has 0 fully saturated rings. The van der Waals surface area contributed by atoms with Gasteiger partial charge in [-0.05, 0) is 79.4 Å². The quantitative estimate of drug-likeness (QED) is 0.147. The van der Waals surface area contributed by atoms with E-state index < -0.39 is 28.5 Å². The Kier molecular flexibility index (Phi) is 12.6. The summed E-state index contributed by atoms with van der Waals surface area (Å²) in [5.74, 6) is -0.0493. The molecule has 47 heavy (non-hydrogen) atoms. The molecule has 0 saturated carbocycles. The van der Waals surface area contributed by atoms with E-state index >= 15 is 0 Å². The third-order valence-electron chi connectivity index (χ3n) is 7.52. The first-order valence-electron chi connectivity index (χ1n) is 15.7. The topological polar surface area (TPSA) is 96.0 Å². The second-order valence-corrected chi connectivity index (χ2v) is 14.5. The Morgan fingerprint density at radius 2 is 1.53 bits per heavy atom. The molecule has 1 atom stereocenters. The molecule has 4 aromatic rings. The highest BCUT2D eigenvalue weighted by atomic mass is 79.9. The number of amides is 2. The van der Waals surface area contributed by atoms with Crippen LogP contribution in [0.5, 0.6) is 5.75 Å². The van der Waals surface area contributed by atoms with E-state index in [-0.39, 0.29) is 29.7 Å². The van der Waals surface area contributed by atoms with Gasteiger partial charge in [0.2, 0.25) is 11.8 Å². The molecule has 0 bridgehead atoms. The van der Waals surface area contributed by atoms with Crippen molar-refractivity contribution in [1.82, 2.24) is 10.2 Å². The van der Waals surface area contributed by atoms with Crippen molar-refractivity contribution in [2.24, 2.45) is 5.92 Å². The number of anilines is 1. The number of sulfonamides is 1. The number of ether oxygens (including phenoxy) is 1. The van der Waals surface area contributed by atoms with Crippen molar-refractivity contribution in [2.45, 2.75) is 51.6 Å². The van der Waals surface area contributed by atoms with Gasteiger partial charge in [-0.2, -0.15) is 0 Å². The summed E-state index contributed by atoms with van der Waals surface area (Å²) in [7, 11) is -4.19. The summed E-state index contributed by atoms with van der Waals surface area (Å²) in [4.78, 5) is 30.0. The Morgan fingerprint density at radius 3 is 2.15 bits per heavy atom. The molecule has 0 heterocycles. The van der Waals surface area contributed by atoms with E-state index in [0.29, 0.717) is 24.6 Å². The monoisotopic (exact) mass is 719 g/mol. The Bertz CT molecular complexity index is 1730. The maximum absolute atomic E-state index is 14.6. The minimum atomic E-state index is -4.19. The first-order valence-corrected chi connectivity index (χ1v) is 17.9. The number of nitrogens with one attached hydrogen (secondary N) is 1. The number of hydrogen-bond acceptors (Lipinski definition) is 5. The lowest BCUT2D eigenvalue weighted by molar-refractivity contribution is -0.140. The van der Waals surface area contributed by atoms with Crippen LogP contribution in [0.1, 0.15) is 37.5 Å². The molecule has 0 unspecified atom stereocenters. The zero-order valence-corrected chi connectivity index (χ0v) is 29.6. The minimum absolute atomic E-state index is 0.0545. The molecule has 0 aliphatic heterocycles. The van der Waals surface area contributed by atoms with Crippen molar-refractivity contribution in [1.29, 1.82) is 0 Å². The van der Waals surface area contributed by atoms with Crippen LogP contribution >= 0.6 is 15.9 Å².